The molecule has 1 aromatic heterocycles. The molecular weight excluding hydrogens is 202 g/mol. The molecule has 0 spiro atoms. The first kappa shape index (κ1) is 12.2. The third-order valence-corrected chi connectivity index (χ3v) is 1.87. The molecule has 1 rings (SSSR count). The lowest BCUT2D eigenvalue weighted by molar-refractivity contribution is 0.0953. The summed E-state index contributed by atoms with van der Waals surface area (Å²) in [6, 6.07) is 1.71. The van der Waals surface area contributed by atoms with Crippen molar-refractivity contribution < 1.29 is 4.79 Å². The second-order valence-corrected chi connectivity index (χ2v) is 3.22. The monoisotopic (exact) mass is 217 g/mol. The van der Waals surface area contributed by atoms with Gasteiger partial charge in [0.15, 0.2) is 0 Å². The van der Waals surface area contributed by atoms with Crippen molar-refractivity contribution in [3.8, 4) is 11.8 Å². The van der Waals surface area contributed by atoms with Gasteiger partial charge in [0, 0.05) is 24.5 Å². The molecule has 0 aliphatic carbocycles. The zero-order chi connectivity index (χ0) is 11.8. The van der Waals surface area contributed by atoms with Crippen molar-refractivity contribution in [2.75, 3.05) is 13.1 Å². The first-order valence-corrected chi connectivity index (χ1v) is 5.20. The Morgan fingerprint density at radius 2 is 2.38 bits per heavy atom. The summed E-state index contributed by atoms with van der Waals surface area (Å²) in [4.78, 5) is 15.6. The molecule has 1 heterocycles. The lowest BCUT2D eigenvalue weighted by Gasteiger charge is -2.02. The number of nitrogens with zero attached hydrogens (tertiary/aromatic N) is 1. The van der Waals surface area contributed by atoms with Gasteiger partial charge in [0.1, 0.15) is 0 Å². The number of nitrogens with one attached hydrogen (secondary N) is 1. The molecule has 0 aromatic carbocycles. The zero-order valence-corrected chi connectivity index (χ0v) is 9.29. The van der Waals surface area contributed by atoms with Gasteiger partial charge in [0.25, 0.3) is 5.91 Å². The summed E-state index contributed by atoms with van der Waals surface area (Å²) in [5, 5.41) is 2.78. The third kappa shape index (κ3) is 3.71. The maximum atomic E-state index is 11.6. The van der Waals surface area contributed by atoms with E-state index in [1.54, 1.807) is 12.3 Å². The molecule has 4 heteroatoms. The molecular formula is C12H15N3O. The highest BCUT2D eigenvalue weighted by Gasteiger charge is 2.04. The fourth-order valence-electron chi connectivity index (χ4n) is 1.13. The van der Waals surface area contributed by atoms with Gasteiger partial charge in [-0.05, 0) is 12.5 Å². The molecule has 0 aliphatic rings. The van der Waals surface area contributed by atoms with Crippen LogP contribution in [0.3, 0.4) is 0 Å². The first-order chi connectivity index (χ1) is 7.77. The highest BCUT2D eigenvalue weighted by atomic mass is 16.1. The Bertz CT molecular complexity index is 418. The van der Waals surface area contributed by atoms with Crippen molar-refractivity contribution in [2.45, 2.75) is 13.3 Å². The number of nitrogens with two attached hydrogens (primary N) is 1. The van der Waals surface area contributed by atoms with Crippen molar-refractivity contribution in [3.05, 3.63) is 29.6 Å². The molecule has 0 saturated heterocycles. The van der Waals surface area contributed by atoms with Gasteiger partial charge in [-0.25, -0.2) is 0 Å². The smallest absolute Gasteiger partial charge is 0.252 e. The van der Waals surface area contributed by atoms with Crippen LogP contribution in [-0.4, -0.2) is 24.0 Å². The summed E-state index contributed by atoms with van der Waals surface area (Å²) in [7, 11) is 0. The van der Waals surface area contributed by atoms with E-state index in [0.29, 0.717) is 24.2 Å². The molecule has 3 N–H and O–H groups in total. The minimum atomic E-state index is -0.120. The fourth-order valence-corrected chi connectivity index (χ4v) is 1.13. The van der Waals surface area contributed by atoms with Crippen molar-refractivity contribution in [3.63, 3.8) is 0 Å². The van der Waals surface area contributed by atoms with Gasteiger partial charge in [-0.3, -0.25) is 9.78 Å². The Hall–Kier alpha value is -1.86. The van der Waals surface area contributed by atoms with Gasteiger partial charge in [-0.15, -0.1) is 0 Å². The van der Waals surface area contributed by atoms with E-state index in [9.17, 15) is 4.79 Å². The summed E-state index contributed by atoms with van der Waals surface area (Å²) in [5.41, 5.74) is 6.50. The molecule has 16 heavy (non-hydrogen) atoms. The van der Waals surface area contributed by atoms with E-state index in [0.717, 1.165) is 6.42 Å². The van der Waals surface area contributed by atoms with Crippen molar-refractivity contribution >= 4 is 5.91 Å². The van der Waals surface area contributed by atoms with Gasteiger partial charge in [0.05, 0.1) is 12.1 Å². The van der Waals surface area contributed by atoms with Crippen LogP contribution in [0.25, 0.3) is 0 Å². The van der Waals surface area contributed by atoms with Crippen LogP contribution in [0, 0.1) is 11.8 Å². The standard InChI is InChI=1S/C12H15N3O/c1-2-6-15-12(16)11-7-10(4-3-5-13)8-14-9-11/h7-9H,2,5-6,13H2,1H3,(H,15,16). The maximum absolute atomic E-state index is 11.6. The van der Waals surface area contributed by atoms with Gasteiger partial charge in [-0.1, -0.05) is 18.8 Å². The predicted molar refractivity (Wildman–Crippen MR) is 62.8 cm³/mol. The molecule has 0 fully saturated rings. The van der Waals surface area contributed by atoms with Crippen LogP contribution in [0.15, 0.2) is 18.5 Å². The zero-order valence-electron chi connectivity index (χ0n) is 9.29. The second kappa shape index (κ2) is 6.59. The van der Waals surface area contributed by atoms with Crippen LogP contribution in [0.4, 0.5) is 0 Å². The Kier molecular flexibility index (Phi) is 5.03. The normalized spacial score (nSPS) is 9.12. The summed E-state index contributed by atoms with van der Waals surface area (Å²) in [6.07, 6.45) is 4.05. The number of aromatic nitrogens is 1. The van der Waals surface area contributed by atoms with Crippen molar-refractivity contribution in [1.82, 2.24) is 10.3 Å². The fraction of sp³-hybridized carbons (Fsp3) is 0.333. The third-order valence-electron chi connectivity index (χ3n) is 1.87. The van der Waals surface area contributed by atoms with Crippen LogP contribution < -0.4 is 11.1 Å². The van der Waals surface area contributed by atoms with E-state index < -0.39 is 0 Å². The average Bonchev–Trinajstić information content (AvgIpc) is 2.33. The molecule has 0 bridgehead atoms. The molecule has 0 aliphatic heterocycles. The van der Waals surface area contributed by atoms with E-state index in [1.807, 2.05) is 6.92 Å². The number of pyridine rings is 1. The van der Waals surface area contributed by atoms with Crippen LogP contribution in [0.2, 0.25) is 0 Å². The lowest BCUT2D eigenvalue weighted by Crippen LogP contribution is -2.24. The summed E-state index contributed by atoms with van der Waals surface area (Å²) < 4.78 is 0. The molecule has 0 unspecified atom stereocenters. The highest BCUT2D eigenvalue weighted by Crippen LogP contribution is 2.01. The second-order valence-electron chi connectivity index (χ2n) is 3.22. The number of hydrogen-bond acceptors (Lipinski definition) is 3. The topological polar surface area (TPSA) is 68.0 Å². The Balaban J connectivity index is 2.77. The Morgan fingerprint density at radius 1 is 1.56 bits per heavy atom. The Labute approximate surface area is 95.3 Å². The minimum Gasteiger partial charge on any atom is -0.352 e. The van der Waals surface area contributed by atoms with E-state index in [-0.39, 0.29) is 5.91 Å². The molecule has 0 saturated carbocycles. The predicted octanol–water partition coefficient (Wildman–Crippen LogP) is 0.532. The molecule has 4 nitrogen and oxygen atoms in total. The number of amides is 1. The summed E-state index contributed by atoms with van der Waals surface area (Å²) in [5.74, 6) is 5.44. The SMILES string of the molecule is CCCNC(=O)c1cncc(C#CCN)c1. The van der Waals surface area contributed by atoms with Crippen LogP contribution in [0.1, 0.15) is 29.3 Å². The highest BCUT2D eigenvalue weighted by molar-refractivity contribution is 5.94. The first-order valence-electron chi connectivity index (χ1n) is 5.20. The molecule has 1 aromatic rings. The minimum absolute atomic E-state index is 0.120. The van der Waals surface area contributed by atoms with Crippen LogP contribution in [0.5, 0.6) is 0 Å². The van der Waals surface area contributed by atoms with E-state index in [4.69, 9.17) is 5.73 Å². The number of carbonyl (C=O) groups excluding carboxylic acids is 1. The Morgan fingerprint density at radius 3 is 3.06 bits per heavy atom. The van der Waals surface area contributed by atoms with Gasteiger partial charge in [0.2, 0.25) is 0 Å². The van der Waals surface area contributed by atoms with Crippen LogP contribution in [-0.2, 0) is 0 Å². The maximum Gasteiger partial charge on any atom is 0.252 e. The average molecular weight is 217 g/mol. The number of carbonyl (C=O) groups is 1. The van der Waals surface area contributed by atoms with E-state index >= 15 is 0 Å². The van der Waals surface area contributed by atoms with Gasteiger partial charge < -0.3 is 11.1 Å². The van der Waals surface area contributed by atoms with E-state index in [1.165, 1.54) is 6.20 Å². The van der Waals surface area contributed by atoms with Crippen molar-refractivity contribution in [1.29, 1.82) is 0 Å². The number of rotatable bonds is 3. The largest absolute Gasteiger partial charge is 0.352 e. The lowest BCUT2D eigenvalue weighted by atomic mass is 10.2. The quantitative estimate of drug-likeness (QED) is 0.726. The molecule has 84 valence electrons. The number of hydrogen-bond donors (Lipinski definition) is 2. The summed E-state index contributed by atoms with van der Waals surface area (Å²) >= 11 is 0. The van der Waals surface area contributed by atoms with Gasteiger partial charge >= 0.3 is 0 Å². The van der Waals surface area contributed by atoms with Gasteiger partial charge in [-0.2, -0.15) is 0 Å². The van der Waals surface area contributed by atoms with Crippen molar-refractivity contribution in [2.24, 2.45) is 5.73 Å². The molecule has 0 radical (unpaired) electrons. The summed E-state index contributed by atoms with van der Waals surface area (Å²) in [6.45, 7) is 2.96. The van der Waals surface area contributed by atoms with Crippen LogP contribution >= 0.6 is 0 Å². The molecule has 1 amide bonds. The molecule has 0 atom stereocenters. The van der Waals surface area contributed by atoms with E-state index in [2.05, 4.69) is 22.1 Å².